The number of benzene rings is 3. The topological polar surface area (TPSA) is 30.5 Å². The Morgan fingerprint density at radius 1 is 1.11 bits per heavy atom. The summed E-state index contributed by atoms with van der Waals surface area (Å²) in [6, 6.07) is 16.2. The van der Waals surface area contributed by atoms with Gasteiger partial charge in [0.05, 0.1) is 11.6 Å². The maximum Gasteiger partial charge on any atom is 0.175 e. The smallest absolute Gasteiger partial charge is 0.175 e. The van der Waals surface area contributed by atoms with E-state index in [1.54, 1.807) is 25.3 Å². The molecule has 0 spiro atoms. The quantitative estimate of drug-likeness (QED) is 0.419. The molecule has 146 valence electrons. The van der Waals surface area contributed by atoms with Crippen LogP contribution < -0.4 is 14.8 Å². The molecule has 1 N–H and O–H groups in total. The number of methoxy groups -OCH3 is 1. The van der Waals surface area contributed by atoms with Gasteiger partial charge < -0.3 is 14.8 Å². The average Bonchev–Trinajstić information content (AvgIpc) is 2.68. The van der Waals surface area contributed by atoms with E-state index in [9.17, 15) is 4.39 Å². The highest BCUT2D eigenvalue weighted by molar-refractivity contribution is 9.10. The Balaban J connectivity index is 1.73. The second kappa shape index (κ2) is 9.30. The van der Waals surface area contributed by atoms with Crippen molar-refractivity contribution in [1.29, 1.82) is 0 Å². The maximum atomic E-state index is 13.8. The normalized spacial score (nSPS) is 10.6. The van der Waals surface area contributed by atoms with Gasteiger partial charge in [-0.1, -0.05) is 35.9 Å². The second-order valence-corrected chi connectivity index (χ2v) is 7.57. The molecule has 0 aliphatic heterocycles. The molecule has 3 aromatic carbocycles. The summed E-state index contributed by atoms with van der Waals surface area (Å²) in [6.07, 6.45) is 0. The molecular formula is C22H20BrClFNO2. The van der Waals surface area contributed by atoms with Crippen LogP contribution in [0.4, 0.5) is 10.1 Å². The SMILES string of the molecule is COc1cc(CNc2ccc(C)c(Cl)c2)cc(Br)c1OCc1ccccc1F. The van der Waals surface area contributed by atoms with E-state index in [-0.39, 0.29) is 12.4 Å². The van der Waals surface area contributed by atoms with Crippen molar-refractivity contribution in [1.82, 2.24) is 0 Å². The lowest BCUT2D eigenvalue weighted by Gasteiger charge is -2.15. The first kappa shape index (κ1) is 20.5. The van der Waals surface area contributed by atoms with Crippen molar-refractivity contribution >= 4 is 33.2 Å². The van der Waals surface area contributed by atoms with E-state index < -0.39 is 0 Å². The minimum atomic E-state index is -0.296. The summed E-state index contributed by atoms with van der Waals surface area (Å²) in [5.41, 5.74) is 3.45. The third-order valence-corrected chi connectivity index (χ3v) is 5.28. The van der Waals surface area contributed by atoms with Crippen LogP contribution in [-0.2, 0) is 13.2 Å². The number of nitrogens with one attached hydrogen (secondary N) is 1. The van der Waals surface area contributed by atoms with E-state index in [0.29, 0.717) is 23.6 Å². The molecule has 0 unspecified atom stereocenters. The highest BCUT2D eigenvalue weighted by Crippen LogP contribution is 2.37. The lowest BCUT2D eigenvalue weighted by Crippen LogP contribution is -2.03. The average molecular weight is 465 g/mol. The predicted molar refractivity (Wildman–Crippen MR) is 115 cm³/mol. The molecule has 0 heterocycles. The Bertz CT molecular complexity index is 981. The van der Waals surface area contributed by atoms with Crippen molar-refractivity contribution in [3.63, 3.8) is 0 Å². The zero-order valence-electron chi connectivity index (χ0n) is 15.6. The minimum absolute atomic E-state index is 0.112. The van der Waals surface area contributed by atoms with Gasteiger partial charge in [-0.15, -0.1) is 0 Å². The van der Waals surface area contributed by atoms with Crippen LogP contribution in [0, 0.1) is 12.7 Å². The van der Waals surface area contributed by atoms with Crippen LogP contribution in [-0.4, -0.2) is 7.11 Å². The van der Waals surface area contributed by atoms with Crippen LogP contribution in [0.1, 0.15) is 16.7 Å². The van der Waals surface area contributed by atoms with E-state index in [1.165, 1.54) is 6.07 Å². The Labute approximate surface area is 177 Å². The number of ether oxygens (including phenoxy) is 2. The fourth-order valence-corrected chi connectivity index (χ4v) is 3.47. The molecule has 0 aliphatic carbocycles. The first-order chi connectivity index (χ1) is 13.5. The molecule has 6 heteroatoms. The van der Waals surface area contributed by atoms with Crippen LogP contribution >= 0.6 is 27.5 Å². The maximum absolute atomic E-state index is 13.8. The van der Waals surface area contributed by atoms with Crippen LogP contribution in [0.5, 0.6) is 11.5 Å². The van der Waals surface area contributed by atoms with Crippen molar-refractivity contribution in [2.75, 3.05) is 12.4 Å². The highest BCUT2D eigenvalue weighted by Gasteiger charge is 2.13. The summed E-state index contributed by atoms with van der Waals surface area (Å²) in [5.74, 6) is 0.813. The zero-order chi connectivity index (χ0) is 20.1. The molecule has 3 aromatic rings. The van der Waals surface area contributed by atoms with Gasteiger partial charge in [0.25, 0.3) is 0 Å². The van der Waals surface area contributed by atoms with Crippen molar-refractivity contribution in [3.8, 4) is 11.5 Å². The summed E-state index contributed by atoms with van der Waals surface area (Å²) < 4.78 is 25.8. The Morgan fingerprint density at radius 3 is 2.61 bits per heavy atom. The monoisotopic (exact) mass is 463 g/mol. The molecule has 3 nitrogen and oxygen atoms in total. The van der Waals surface area contributed by atoms with E-state index in [2.05, 4.69) is 21.2 Å². The molecule has 0 saturated carbocycles. The fourth-order valence-electron chi connectivity index (χ4n) is 2.69. The first-order valence-corrected chi connectivity index (χ1v) is 9.87. The van der Waals surface area contributed by atoms with E-state index in [0.717, 1.165) is 26.3 Å². The lowest BCUT2D eigenvalue weighted by atomic mass is 10.1. The third-order valence-electron chi connectivity index (χ3n) is 4.29. The Hall–Kier alpha value is -2.24. The van der Waals surface area contributed by atoms with Gasteiger partial charge in [0.2, 0.25) is 0 Å². The first-order valence-electron chi connectivity index (χ1n) is 8.70. The van der Waals surface area contributed by atoms with E-state index >= 15 is 0 Å². The summed E-state index contributed by atoms with van der Waals surface area (Å²) in [5, 5.41) is 4.06. The molecule has 0 aromatic heterocycles. The molecule has 3 rings (SSSR count). The van der Waals surface area contributed by atoms with Gasteiger partial charge in [-0.25, -0.2) is 4.39 Å². The van der Waals surface area contributed by atoms with Gasteiger partial charge >= 0.3 is 0 Å². The number of hydrogen-bond donors (Lipinski definition) is 1. The van der Waals surface area contributed by atoms with Crippen molar-refractivity contribution in [2.45, 2.75) is 20.1 Å². The molecule has 0 aliphatic rings. The largest absolute Gasteiger partial charge is 0.493 e. The summed E-state index contributed by atoms with van der Waals surface area (Å²) in [4.78, 5) is 0. The predicted octanol–water partition coefficient (Wildman–Crippen LogP) is 6.75. The molecule has 0 fully saturated rings. The van der Waals surface area contributed by atoms with Gasteiger partial charge in [0.1, 0.15) is 12.4 Å². The number of hydrogen-bond acceptors (Lipinski definition) is 3. The highest BCUT2D eigenvalue weighted by atomic mass is 79.9. The molecular weight excluding hydrogens is 445 g/mol. The van der Waals surface area contributed by atoms with Crippen LogP contribution in [0.3, 0.4) is 0 Å². The molecule has 0 atom stereocenters. The standard InChI is InChI=1S/C22H20BrClFNO2/c1-14-7-8-17(11-19(14)24)26-12-15-9-18(23)22(21(10-15)27-2)28-13-16-5-3-4-6-20(16)25/h3-11,26H,12-13H2,1-2H3. The molecule has 0 saturated heterocycles. The Morgan fingerprint density at radius 2 is 1.89 bits per heavy atom. The van der Waals surface area contributed by atoms with Gasteiger partial charge in [0.15, 0.2) is 11.5 Å². The van der Waals surface area contributed by atoms with Gasteiger partial charge in [0, 0.05) is 22.8 Å². The second-order valence-electron chi connectivity index (χ2n) is 6.31. The van der Waals surface area contributed by atoms with Crippen LogP contribution in [0.25, 0.3) is 0 Å². The van der Waals surface area contributed by atoms with Crippen molar-refractivity contribution < 1.29 is 13.9 Å². The molecule has 28 heavy (non-hydrogen) atoms. The van der Waals surface area contributed by atoms with Crippen molar-refractivity contribution in [3.05, 3.63) is 86.6 Å². The van der Waals surface area contributed by atoms with Gasteiger partial charge in [-0.2, -0.15) is 0 Å². The zero-order valence-corrected chi connectivity index (χ0v) is 17.9. The van der Waals surface area contributed by atoms with Crippen molar-refractivity contribution in [2.24, 2.45) is 0 Å². The van der Waals surface area contributed by atoms with E-state index in [4.69, 9.17) is 21.1 Å². The molecule has 0 bridgehead atoms. The van der Waals surface area contributed by atoms with Crippen LogP contribution in [0.15, 0.2) is 59.1 Å². The summed E-state index contributed by atoms with van der Waals surface area (Å²) in [7, 11) is 1.58. The van der Waals surface area contributed by atoms with Gasteiger partial charge in [-0.05, 0) is 64.3 Å². The molecule has 0 amide bonds. The number of halogens is 3. The lowest BCUT2D eigenvalue weighted by molar-refractivity contribution is 0.277. The minimum Gasteiger partial charge on any atom is -0.493 e. The third kappa shape index (κ3) is 4.97. The van der Waals surface area contributed by atoms with E-state index in [1.807, 2.05) is 37.3 Å². The number of anilines is 1. The summed E-state index contributed by atoms with van der Waals surface area (Å²) >= 11 is 9.71. The molecule has 0 radical (unpaired) electrons. The number of rotatable bonds is 7. The van der Waals surface area contributed by atoms with Crippen LogP contribution in [0.2, 0.25) is 5.02 Å². The number of aryl methyl sites for hydroxylation is 1. The Kier molecular flexibility index (Phi) is 6.81. The van der Waals surface area contributed by atoms with Gasteiger partial charge in [-0.3, -0.25) is 0 Å². The fraction of sp³-hybridized carbons (Fsp3) is 0.182. The summed E-state index contributed by atoms with van der Waals surface area (Å²) in [6.45, 7) is 2.66.